The third-order valence-electron chi connectivity index (χ3n) is 3.17. The fourth-order valence-electron chi connectivity index (χ4n) is 2.04. The van der Waals surface area contributed by atoms with Crippen molar-refractivity contribution in [1.82, 2.24) is 10.3 Å². The summed E-state index contributed by atoms with van der Waals surface area (Å²) < 4.78 is 6.81. The average molecular weight is 335 g/mol. The van der Waals surface area contributed by atoms with Crippen molar-refractivity contribution in [3.63, 3.8) is 0 Å². The van der Waals surface area contributed by atoms with E-state index in [1.807, 2.05) is 37.4 Å². The van der Waals surface area contributed by atoms with Crippen LogP contribution in [0, 0.1) is 0 Å². The summed E-state index contributed by atoms with van der Waals surface area (Å²) in [6.07, 6.45) is 2.80. The van der Waals surface area contributed by atoms with Crippen molar-refractivity contribution in [2.75, 3.05) is 7.05 Å². The quantitative estimate of drug-likeness (QED) is 0.863. The Hall–Kier alpha value is -1.39. The Morgan fingerprint density at radius 1 is 1.30 bits per heavy atom. The molecule has 0 spiro atoms. The molecule has 0 aliphatic carbocycles. The molecular weight excluding hydrogens is 316 g/mol. The van der Waals surface area contributed by atoms with Gasteiger partial charge in [0.2, 0.25) is 0 Å². The van der Waals surface area contributed by atoms with Crippen LogP contribution < -0.4 is 10.1 Å². The molecule has 1 atom stereocenters. The van der Waals surface area contributed by atoms with Crippen LogP contribution in [0.2, 0.25) is 0 Å². The number of rotatable bonds is 6. The van der Waals surface area contributed by atoms with Gasteiger partial charge in [0.15, 0.2) is 0 Å². The fourth-order valence-corrected chi connectivity index (χ4v) is 2.48. The topological polar surface area (TPSA) is 34.1 Å². The van der Waals surface area contributed by atoms with Crippen LogP contribution in [0.1, 0.15) is 30.6 Å². The van der Waals surface area contributed by atoms with Crippen LogP contribution >= 0.6 is 15.9 Å². The molecule has 2 rings (SSSR count). The van der Waals surface area contributed by atoms with Crippen molar-refractivity contribution in [1.29, 1.82) is 0 Å². The van der Waals surface area contributed by atoms with Gasteiger partial charge in [0, 0.05) is 10.5 Å². The number of halogens is 1. The lowest BCUT2D eigenvalue weighted by Gasteiger charge is -2.13. The maximum atomic E-state index is 5.75. The molecule has 2 aromatic rings. The number of ether oxygens (including phenoxy) is 1. The molecule has 1 unspecified atom stereocenters. The highest BCUT2D eigenvalue weighted by Crippen LogP contribution is 2.18. The first-order valence-electron chi connectivity index (χ1n) is 6.73. The largest absolute Gasteiger partial charge is 0.487 e. The van der Waals surface area contributed by atoms with Crippen LogP contribution in [0.5, 0.6) is 5.75 Å². The van der Waals surface area contributed by atoms with Gasteiger partial charge in [-0.2, -0.15) is 0 Å². The molecule has 0 aliphatic heterocycles. The molecule has 1 heterocycles. The number of hydrogen-bond acceptors (Lipinski definition) is 3. The molecule has 0 radical (unpaired) electrons. The number of pyridine rings is 1. The number of aromatic nitrogens is 1. The lowest BCUT2D eigenvalue weighted by atomic mass is 10.1. The molecule has 1 aromatic carbocycles. The van der Waals surface area contributed by atoms with Gasteiger partial charge in [-0.15, -0.1) is 0 Å². The van der Waals surface area contributed by atoms with Crippen LogP contribution in [-0.2, 0) is 6.61 Å². The van der Waals surface area contributed by atoms with E-state index in [-0.39, 0.29) is 0 Å². The minimum Gasteiger partial charge on any atom is -0.487 e. The van der Waals surface area contributed by atoms with Gasteiger partial charge in [0.25, 0.3) is 0 Å². The first-order chi connectivity index (χ1) is 9.72. The van der Waals surface area contributed by atoms with Gasteiger partial charge in [-0.1, -0.05) is 35.0 Å². The zero-order chi connectivity index (χ0) is 14.4. The lowest BCUT2D eigenvalue weighted by molar-refractivity contribution is 0.304. The monoisotopic (exact) mass is 334 g/mol. The van der Waals surface area contributed by atoms with Gasteiger partial charge in [-0.05, 0) is 43.3 Å². The molecule has 3 nitrogen and oxygen atoms in total. The summed E-state index contributed by atoms with van der Waals surface area (Å²) in [7, 11) is 1.95. The standard InChI is InChI=1S/C16H19BrN2O/c1-3-15(18-2)16-8-7-14(10-19-16)20-11-12-5-4-6-13(17)9-12/h4-10,15,18H,3,11H2,1-2H3. The fraction of sp³-hybridized carbons (Fsp3) is 0.312. The van der Waals surface area contributed by atoms with E-state index < -0.39 is 0 Å². The van der Waals surface area contributed by atoms with Crippen molar-refractivity contribution in [2.45, 2.75) is 26.0 Å². The van der Waals surface area contributed by atoms with Crippen molar-refractivity contribution < 1.29 is 4.74 Å². The zero-order valence-corrected chi connectivity index (χ0v) is 13.4. The molecule has 1 aromatic heterocycles. The van der Waals surface area contributed by atoms with E-state index in [0.29, 0.717) is 12.6 Å². The second kappa shape index (κ2) is 7.41. The Morgan fingerprint density at radius 2 is 2.15 bits per heavy atom. The average Bonchev–Trinajstić information content (AvgIpc) is 2.48. The SMILES string of the molecule is CCC(NC)c1ccc(OCc2cccc(Br)c2)cn1. The molecule has 0 bridgehead atoms. The Kier molecular flexibility index (Phi) is 5.56. The molecule has 0 aliphatic rings. The maximum absolute atomic E-state index is 5.75. The summed E-state index contributed by atoms with van der Waals surface area (Å²) in [5, 5.41) is 3.24. The second-order valence-corrected chi connectivity index (χ2v) is 5.50. The molecule has 1 N–H and O–H groups in total. The van der Waals surface area contributed by atoms with Crippen molar-refractivity contribution in [3.8, 4) is 5.75 Å². The van der Waals surface area contributed by atoms with E-state index in [2.05, 4.69) is 39.2 Å². The molecular formula is C16H19BrN2O. The molecule has 106 valence electrons. The third kappa shape index (κ3) is 4.05. The summed E-state index contributed by atoms with van der Waals surface area (Å²) in [6, 6.07) is 12.4. The van der Waals surface area contributed by atoms with Gasteiger partial charge in [0.05, 0.1) is 11.9 Å². The van der Waals surface area contributed by atoms with Gasteiger partial charge in [-0.3, -0.25) is 4.98 Å². The Morgan fingerprint density at radius 3 is 2.75 bits per heavy atom. The summed E-state index contributed by atoms with van der Waals surface area (Å²) in [6.45, 7) is 2.68. The maximum Gasteiger partial charge on any atom is 0.138 e. The summed E-state index contributed by atoms with van der Waals surface area (Å²) in [4.78, 5) is 4.45. The summed E-state index contributed by atoms with van der Waals surface area (Å²) >= 11 is 3.45. The normalized spacial score (nSPS) is 12.2. The second-order valence-electron chi connectivity index (χ2n) is 4.59. The van der Waals surface area contributed by atoms with Gasteiger partial charge >= 0.3 is 0 Å². The molecule has 0 saturated heterocycles. The van der Waals surface area contributed by atoms with E-state index in [1.165, 1.54) is 0 Å². The molecule has 0 amide bonds. The van der Waals surface area contributed by atoms with Gasteiger partial charge in [-0.25, -0.2) is 0 Å². The van der Waals surface area contributed by atoms with Crippen molar-refractivity contribution in [3.05, 3.63) is 58.3 Å². The first kappa shape index (κ1) is 15.0. The van der Waals surface area contributed by atoms with Crippen LogP contribution in [0.4, 0.5) is 0 Å². The molecule has 0 fully saturated rings. The predicted octanol–water partition coefficient (Wildman–Crippen LogP) is 4.09. The third-order valence-corrected chi connectivity index (χ3v) is 3.66. The minimum absolute atomic E-state index is 0.300. The number of benzene rings is 1. The molecule has 0 saturated carbocycles. The van der Waals surface area contributed by atoms with E-state index in [0.717, 1.165) is 27.9 Å². The lowest BCUT2D eigenvalue weighted by Crippen LogP contribution is -2.16. The highest BCUT2D eigenvalue weighted by molar-refractivity contribution is 9.10. The highest BCUT2D eigenvalue weighted by Gasteiger charge is 2.07. The minimum atomic E-state index is 0.300. The Bertz CT molecular complexity index is 538. The van der Waals surface area contributed by atoms with Crippen molar-refractivity contribution in [2.24, 2.45) is 0 Å². The van der Waals surface area contributed by atoms with E-state index in [9.17, 15) is 0 Å². The molecule has 4 heteroatoms. The molecule has 20 heavy (non-hydrogen) atoms. The first-order valence-corrected chi connectivity index (χ1v) is 7.52. The zero-order valence-electron chi connectivity index (χ0n) is 11.8. The predicted molar refractivity (Wildman–Crippen MR) is 84.8 cm³/mol. The summed E-state index contributed by atoms with van der Waals surface area (Å²) in [5.41, 5.74) is 2.18. The van der Waals surface area contributed by atoms with E-state index >= 15 is 0 Å². The van der Waals surface area contributed by atoms with E-state index in [4.69, 9.17) is 4.74 Å². The highest BCUT2D eigenvalue weighted by atomic mass is 79.9. The van der Waals surface area contributed by atoms with Crippen LogP contribution in [0.25, 0.3) is 0 Å². The number of hydrogen-bond donors (Lipinski definition) is 1. The number of nitrogens with one attached hydrogen (secondary N) is 1. The summed E-state index contributed by atoms with van der Waals surface area (Å²) in [5.74, 6) is 0.791. The Labute approximate surface area is 128 Å². The van der Waals surface area contributed by atoms with Crippen LogP contribution in [-0.4, -0.2) is 12.0 Å². The Balaban J connectivity index is 1.97. The van der Waals surface area contributed by atoms with Crippen LogP contribution in [0.3, 0.4) is 0 Å². The van der Waals surface area contributed by atoms with Gasteiger partial charge in [0.1, 0.15) is 12.4 Å². The van der Waals surface area contributed by atoms with E-state index in [1.54, 1.807) is 6.20 Å². The smallest absolute Gasteiger partial charge is 0.138 e. The number of nitrogens with zero attached hydrogens (tertiary/aromatic N) is 1. The van der Waals surface area contributed by atoms with Crippen LogP contribution in [0.15, 0.2) is 47.1 Å². The van der Waals surface area contributed by atoms with Crippen molar-refractivity contribution >= 4 is 15.9 Å². The van der Waals surface area contributed by atoms with Gasteiger partial charge < -0.3 is 10.1 Å².